The molecule has 1 N–H and O–H groups in total. The average Bonchev–Trinajstić information content (AvgIpc) is 3.05. The minimum Gasteiger partial charge on any atom is -0.348 e. The van der Waals surface area contributed by atoms with Crippen LogP contribution in [0.4, 0.5) is 8.78 Å². The van der Waals surface area contributed by atoms with Crippen LogP contribution in [0, 0.1) is 11.6 Å². The number of halogens is 4. The number of carbonyl (C=O) groups excluding carboxylic acids is 1. The Morgan fingerprint density at radius 3 is 2.52 bits per heavy atom. The maximum atomic E-state index is 13.3. The van der Waals surface area contributed by atoms with Crippen LogP contribution in [0.5, 0.6) is 0 Å². The zero-order chi connectivity index (χ0) is 18.0. The van der Waals surface area contributed by atoms with Gasteiger partial charge in [-0.1, -0.05) is 23.2 Å². The second kappa shape index (κ2) is 7.21. The number of nitrogens with zero attached hydrogens (tertiary/aromatic N) is 2. The molecular formula is C17H11Cl2F2N3O. The molecule has 0 spiro atoms. The first-order valence-corrected chi connectivity index (χ1v) is 7.92. The third-order valence-electron chi connectivity index (χ3n) is 3.43. The smallest absolute Gasteiger partial charge is 0.253 e. The standard InChI is InChI=1S/C17H11Cl2F2N3O/c18-11-1-3-12(4-2-11)24-9-10(8-23-24)7-22-17(25)13-5-15(20)16(21)6-14(13)19/h1-6,8-9H,7H2,(H,22,25). The third kappa shape index (κ3) is 3.97. The van der Waals surface area contributed by atoms with Crippen molar-refractivity contribution in [1.29, 1.82) is 0 Å². The lowest BCUT2D eigenvalue weighted by Crippen LogP contribution is -2.23. The van der Waals surface area contributed by atoms with Crippen LogP contribution in [0.3, 0.4) is 0 Å². The van der Waals surface area contributed by atoms with E-state index in [1.54, 1.807) is 41.3 Å². The molecule has 0 unspecified atom stereocenters. The quantitative estimate of drug-likeness (QED) is 0.681. The predicted molar refractivity (Wildman–Crippen MR) is 91.1 cm³/mol. The first-order chi connectivity index (χ1) is 11.9. The first kappa shape index (κ1) is 17.4. The second-order valence-electron chi connectivity index (χ2n) is 5.20. The molecule has 1 aromatic heterocycles. The molecule has 0 aliphatic rings. The summed E-state index contributed by atoms with van der Waals surface area (Å²) in [5, 5.41) is 7.24. The summed E-state index contributed by atoms with van der Waals surface area (Å²) in [4.78, 5) is 12.1. The Bertz CT molecular complexity index is 926. The van der Waals surface area contributed by atoms with Gasteiger partial charge in [0.2, 0.25) is 0 Å². The topological polar surface area (TPSA) is 46.9 Å². The van der Waals surface area contributed by atoms with Crippen LogP contribution in [-0.4, -0.2) is 15.7 Å². The van der Waals surface area contributed by atoms with Gasteiger partial charge in [-0.05, 0) is 36.4 Å². The van der Waals surface area contributed by atoms with Gasteiger partial charge < -0.3 is 5.32 Å². The largest absolute Gasteiger partial charge is 0.348 e. The molecule has 0 saturated heterocycles. The van der Waals surface area contributed by atoms with Crippen molar-refractivity contribution in [2.75, 3.05) is 0 Å². The maximum absolute atomic E-state index is 13.3. The Kier molecular flexibility index (Phi) is 5.01. The van der Waals surface area contributed by atoms with Crippen molar-refractivity contribution in [2.24, 2.45) is 0 Å². The highest BCUT2D eigenvalue weighted by atomic mass is 35.5. The summed E-state index contributed by atoms with van der Waals surface area (Å²) in [6.07, 6.45) is 3.32. The highest BCUT2D eigenvalue weighted by Gasteiger charge is 2.15. The van der Waals surface area contributed by atoms with E-state index < -0.39 is 17.5 Å². The molecule has 2 aromatic carbocycles. The number of aromatic nitrogens is 2. The van der Waals surface area contributed by atoms with E-state index in [-0.39, 0.29) is 17.1 Å². The highest BCUT2D eigenvalue weighted by molar-refractivity contribution is 6.33. The van der Waals surface area contributed by atoms with Crippen LogP contribution in [0.1, 0.15) is 15.9 Å². The van der Waals surface area contributed by atoms with E-state index in [2.05, 4.69) is 10.4 Å². The van der Waals surface area contributed by atoms with Crippen LogP contribution in [0.25, 0.3) is 5.69 Å². The van der Waals surface area contributed by atoms with Crippen LogP contribution >= 0.6 is 23.2 Å². The molecule has 0 bridgehead atoms. The second-order valence-corrected chi connectivity index (χ2v) is 6.04. The normalized spacial score (nSPS) is 10.7. The molecule has 0 fully saturated rings. The summed E-state index contributed by atoms with van der Waals surface area (Å²) < 4.78 is 27.9. The van der Waals surface area contributed by atoms with Crippen LogP contribution < -0.4 is 5.32 Å². The Balaban J connectivity index is 1.69. The fraction of sp³-hybridized carbons (Fsp3) is 0.0588. The minimum atomic E-state index is -1.13. The summed E-state index contributed by atoms with van der Waals surface area (Å²) in [5.41, 5.74) is 1.40. The predicted octanol–water partition coefficient (Wildman–Crippen LogP) is 4.39. The van der Waals surface area contributed by atoms with E-state index in [9.17, 15) is 13.6 Å². The molecule has 0 atom stereocenters. The zero-order valence-corrected chi connectivity index (χ0v) is 14.2. The van der Waals surface area contributed by atoms with Crippen molar-refractivity contribution >= 4 is 29.1 Å². The molecule has 25 heavy (non-hydrogen) atoms. The monoisotopic (exact) mass is 381 g/mol. The van der Waals surface area contributed by atoms with E-state index >= 15 is 0 Å². The van der Waals surface area contributed by atoms with Crippen molar-refractivity contribution < 1.29 is 13.6 Å². The number of carbonyl (C=O) groups is 1. The molecule has 1 heterocycles. The lowest BCUT2D eigenvalue weighted by atomic mass is 10.2. The Labute approximate surface area is 152 Å². The molecule has 0 saturated carbocycles. The highest BCUT2D eigenvalue weighted by Crippen LogP contribution is 2.20. The lowest BCUT2D eigenvalue weighted by Gasteiger charge is -2.06. The van der Waals surface area contributed by atoms with Gasteiger partial charge in [0.15, 0.2) is 11.6 Å². The number of amides is 1. The summed E-state index contributed by atoms with van der Waals surface area (Å²) >= 11 is 11.6. The number of benzene rings is 2. The molecule has 8 heteroatoms. The number of rotatable bonds is 4. The fourth-order valence-corrected chi connectivity index (χ4v) is 2.52. The zero-order valence-electron chi connectivity index (χ0n) is 12.6. The molecule has 1 amide bonds. The number of hydrogen-bond acceptors (Lipinski definition) is 2. The van der Waals surface area contributed by atoms with Gasteiger partial charge >= 0.3 is 0 Å². The Morgan fingerprint density at radius 1 is 1.12 bits per heavy atom. The maximum Gasteiger partial charge on any atom is 0.253 e. The van der Waals surface area contributed by atoms with Gasteiger partial charge in [-0.3, -0.25) is 4.79 Å². The van der Waals surface area contributed by atoms with Gasteiger partial charge in [0, 0.05) is 23.3 Å². The molecule has 3 aromatic rings. The van der Waals surface area contributed by atoms with Gasteiger partial charge in [-0.2, -0.15) is 5.10 Å². The molecule has 128 valence electrons. The van der Waals surface area contributed by atoms with Crippen molar-refractivity contribution in [3.8, 4) is 5.69 Å². The molecule has 0 radical (unpaired) electrons. The average molecular weight is 382 g/mol. The summed E-state index contributed by atoms with van der Waals surface area (Å²) in [7, 11) is 0. The summed E-state index contributed by atoms with van der Waals surface area (Å²) in [6.45, 7) is 0.155. The van der Waals surface area contributed by atoms with Crippen LogP contribution in [-0.2, 0) is 6.54 Å². The van der Waals surface area contributed by atoms with Crippen molar-refractivity contribution in [2.45, 2.75) is 6.54 Å². The SMILES string of the molecule is O=C(NCc1cnn(-c2ccc(Cl)cc2)c1)c1cc(F)c(F)cc1Cl. The molecule has 3 rings (SSSR count). The molecule has 0 aliphatic heterocycles. The number of hydrogen-bond donors (Lipinski definition) is 1. The summed E-state index contributed by atoms with van der Waals surface area (Å²) in [5.74, 6) is -2.85. The lowest BCUT2D eigenvalue weighted by molar-refractivity contribution is 0.0950. The van der Waals surface area contributed by atoms with E-state index in [4.69, 9.17) is 23.2 Å². The van der Waals surface area contributed by atoms with Gasteiger partial charge in [0.25, 0.3) is 5.91 Å². The Hall–Kier alpha value is -2.44. The van der Waals surface area contributed by atoms with E-state index in [0.717, 1.165) is 23.4 Å². The van der Waals surface area contributed by atoms with Crippen molar-refractivity contribution in [3.05, 3.63) is 81.6 Å². The molecular weight excluding hydrogens is 371 g/mol. The fourth-order valence-electron chi connectivity index (χ4n) is 2.16. The number of nitrogens with one attached hydrogen (secondary N) is 1. The molecule has 4 nitrogen and oxygen atoms in total. The van der Waals surface area contributed by atoms with Crippen LogP contribution in [0.15, 0.2) is 48.8 Å². The third-order valence-corrected chi connectivity index (χ3v) is 4.00. The minimum absolute atomic E-state index is 0.134. The van der Waals surface area contributed by atoms with Crippen molar-refractivity contribution in [1.82, 2.24) is 15.1 Å². The van der Waals surface area contributed by atoms with Gasteiger partial charge in [-0.25, -0.2) is 13.5 Å². The van der Waals surface area contributed by atoms with Crippen LogP contribution in [0.2, 0.25) is 10.0 Å². The van der Waals surface area contributed by atoms with Gasteiger partial charge in [-0.15, -0.1) is 0 Å². The van der Waals surface area contributed by atoms with E-state index in [0.29, 0.717) is 5.02 Å². The van der Waals surface area contributed by atoms with Crippen molar-refractivity contribution in [3.63, 3.8) is 0 Å². The van der Waals surface area contributed by atoms with Gasteiger partial charge in [0.05, 0.1) is 22.5 Å². The van der Waals surface area contributed by atoms with E-state index in [1.807, 2.05) is 0 Å². The van der Waals surface area contributed by atoms with Gasteiger partial charge in [0.1, 0.15) is 0 Å². The summed E-state index contributed by atoms with van der Waals surface area (Å²) in [6, 6.07) is 8.63. The Morgan fingerprint density at radius 2 is 1.80 bits per heavy atom. The molecule has 0 aliphatic carbocycles. The first-order valence-electron chi connectivity index (χ1n) is 7.16. The van der Waals surface area contributed by atoms with E-state index in [1.165, 1.54) is 0 Å².